The van der Waals surface area contributed by atoms with E-state index >= 15 is 0 Å². The standard InChI is InChI=1S/C17H18N2O4/c1-10-8-13(10)17(22)18-7-6-15(20)19-12-3-4-14-11(9-12)2-5-16(21)23-14/h2-5,9-10,13H,6-8H2,1H3,(H,18,22)(H,19,20)/t10-,13+/m1/s1. The monoisotopic (exact) mass is 314 g/mol. The van der Waals surface area contributed by atoms with E-state index in [-0.39, 0.29) is 24.2 Å². The van der Waals surface area contributed by atoms with E-state index < -0.39 is 5.63 Å². The minimum absolute atomic E-state index is 0.0334. The maximum absolute atomic E-state index is 11.9. The van der Waals surface area contributed by atoms with Gasteiger partial charge in [0.1, 0.15) is 5.58 Å². The van der Waals surface area contributed by atoms with Crippen LogP contribution in [-0.2, 0) is 9.59 Å². The molecule has 3 rings (SSSR count). The van der Waals surface area contributed by atoms with Crippen LogP contribution in [0.2, 0.25) is 0 Å². The van der Waals surface area contributed by atoms with E-state index in [4.69, 9.17) is 4.42 Å². The van der Waals surface area contributed by atoms with E-state index in [2.05, 4.69) is 10.6 Å². The average Bonchev–Trinajstić information content (AvgIpc) is 3.24. The predicted molar refractivity (Wildman–Crippen MR) is 86.0 cm³/mol. The molecular weight excluding hydrogens is 296 g/mol. The number of benzene rings is 1. The number of carbonyl (C=O) groups is 2. The topological polar surface area (TPSA) is 88.4 Å². The molecule has 2 aromatic rings. The molecule has 0 bridgehead atoms. The lowest BCUT2D eigenvalue weighted by molar-refractivity contribution is -0.122. The number of nitrogens with one attached hydrogen (secondary N) is 2. The molecule has 6 nitrogen and oxygen atoms in total. The van der Waals surface area contributed by atoms with Crippen molar-refractivity contribution in [3.8, 4) is 0 Å². The molecule has 0 spiro atoms. The first-order valence-corrected chi connectivity index (χ1v) is 7.64. The van der Waals surface area contributed by atoms with Crippen LogP contribution in [0.15, 0.2) is 39.5 Å². The van der Waals surface area contributed by atoms with Crippen molar-refractivity contribution in [1.29, 1.82) is 0 Å². The molecule has 0 unspecified atom stereocenters. The number of rotatable bonds is 5. The van der Waals surface area contributed by atoms with Gasteiger partial charge in [-0.2, -0.15) is 0 Å². The van der Waals surface area contributed by atoms with Gasteiger partial charge in [0, 0.05) is 36.0 Å². The van der Waals surface area contributed by atoms with Gasteiger partial charge in [0.25, 0.3) is 0 Å². The maximum Gasteiger partial charge on any atom is 0.336 e. The number of carbonyl (C=O) groups excluding carboxylic acids is 2. The summed E-state index contributed by atoms with van der Waals surface area (Å²) in [6.07, 6.45) is 1.15. The lowest BCUT2D eigenvalue weighted by Crippen LogP contribution is -2.29. The zero-order valence-electron chi connectivity index (χ0n) is 12.8. The SMILES string of the molecule is C[C@@H]1C[C@@H]1C(=O)NCCC(=O)Nc1ccc2oc(=O)ccc2c1. The van der Waals surface area contributed by atoms with Crippen LogP contribution < -0.4 is 16.3 Å². The first kappa shape index (κ1) is 15.3. The van der Waals surface area contributed by atoms with Gasteiger partial charge in [-0.15, -0.1) is 0 Å². The zero-order chi connectivity index (χ0) is 16.4. The molecule has 1 saturated carbocycles. The molecule has 2 atom stereocenters. The fourth-order valence-electron chi connectivity index (χ4n) is 2.49. The van der Waals surface area contributed by atoms with Crippen LogP contribution in [-0.4, -0.2) is 18.4 Å². The van der Waals surface area contributed by atoms with Gasteiger partial charge in [0.2, 0.25) is 11.8 Å². The molecule has 2 N–H and O–H groups in total. The van der Waals surface area contributed by atoms with Gasteiger partial charge in [-0.3, -0.25) is 9.59 Å². The van der Waals surface area contributed by atoms with Crippen molar-refractivity contribution in [2.45, 2.75) is 19.8 Å². The maximum atomic E-state index is 11.9. The number of anilines is 1. The molecule has 120 valence electrons. The van der Waals surface area contributed by atoms with Gasteiger partial charge >= 0.3 is 5.63 Å². The summed E-state index contributed by atoms with van der Waals surface area (Å²) >= 11 is 0. The van der Waals surface area contributed by atoms with E-state index in [1.165, 1.54) is 6.07 Å². The second kappa shape index (κ2) is 6.24. The normalized spacial score (nSPS) is 19.3. The van der Waals surface area contributed by atoms with Crippen LogP contribution in [0.1, 0.15) is 19.8 Å². The smallest absolute Gasteiger partial charge is 0.336 e. The van der Waals surface area contributed by atoms with E-state index in [1.807, 2.05) is 6.92 Å². The Hall–Kier alpha value is -2.63. The largest absolute Gasteiger partial charge is 0.423 e. The Balaban J connectivity index is 1.52. The highest BCUT2D eigenvalue weighted by molar-refractivity contribution is 5.93. The minimum atomic E-state index is -0.407. The van der Waals surface area contributed by atoms with Crippen molar-refractivity contribution in [1.82, 2.24) is 5.32 Å². The van der Waals surface area contributed by atoms with Crippen LogP contribution in [0.4, 0.5) is 5.69 Å². The Morgan fingerprint density at radius 1 is 1.26 bits per heavy atom. The summed E-state index contributed by atoms with van der Waals surface area (Å²) in [6.45, 7) is 2.37. The minimum Gasteiger partial charge on any atom is -0.423 e. The summed E-state index contributed by atoms with van der Waals surface area (Å²) in [5.74, 6) is 0.437. The van der Waals surface area contributed by atoms with Crippen molar-refractivity contribution in [2.24, 2.45) is 11.8 Å². The Bertz CT molecular complexity index is 812. The van der Waals surface area contributed by atoms with Crippen molar-refractivity contribution < 1.29 is 14.0 Å². The number of hydrogen-bond acceptors (Lipinski definition) is 4. The fraction of sp³-hybridized carbons (Fsp3) is 0.353. The van der Waals surface area contributed by atoms with Crippen molar-refractivity contribution in [3.63, 3.8) is 0 Å². The molecule has 1 aliphatic carbocycles. The summed E-state index contributed by atoms with van der Waals surface area (Å²) in [4.78, 5) is 34.7. The van der Waals surface area contributed by atoms with Crippen molar-refractivity contribution in [2.75, 3.05) is 11.9 Å². The molecule has 6 heteroatoms. The Labute approximate surface area is 132 Å². The summed E-state index contributed by atoms with van der Waals surface area (Å²) in [5, 5.41) is 6.28. The molecular formula is C17H18N2O4. The summed E-state index contributed by atoms with van der Waals surface area (Å²) < 4.78 is 5.03. The zero-order valence-corrected chi connectivity index (χ0v) is 12.8. The molecule has 23 heavy (non-hydrogen) atoms. The van der Waals surface area contributed by atoms with E-state index in [1.54, 1.807) is 24.3 Å². The van der Waals surface area contributed by atoms with Gasteiger partial charge in [-0.25, -0.2) is 4.79 Å². The van der Waals surface area contributed by atoms with E-state index in [0.29, 0.717) is 23.7 Å². The summed E-state index contributed by atoms with van der Waals surface area (Å²) in [7, 11) is 0. The Morgan fingerprint density at radius 2 is 2.04 bits per heavy atom. The number of fused-ring (bicyclic) bond motifs is 1. The molecule has 0 saturated heterocycles. The predicted octanol–water partition coefficient (Wildman–Crippen LogP) is 1.89. The molecule has 1 aliphatic rings. The third kappa shape index (κ3) is 3.77. The Kier molecular flexibility index (Phi) is 4.14. The quantitative estimate of drug-likeness (QED) is 0.825. The Morgan fingerprint density at radius 3 is 2.78 bits per heavy atom. The highest BCUT2D eigenvalue weighted by Crippen LogP contribution is 2.37. The second-order valence-corrected chi connectivity index (χ2v) is 5.92. The van der Waals surface area contributed by atoms with E-state index in [9.17, 15) is 14.4 Å². The lowest BCUT2D eigenvalue weighted by Gasteiger charge is -2.07. The molecule has 1 aromatic heterocycles. The van der Waals surface area contributed by atoms with Crippen molar-refractivity contribution in [3.05, 3.63) is 40.8 Å². The number of amides is 2. The third-order valence-corrected chi connectivity index (χ3v) is 4.00. The first-order valence-electron chi connectivity index (χ1n) is 7.64. The van der Waals surface area contributed by atoms with Crippen LogP contribution in [0.5, 0.6) is 0 Å². The van der Waals surface area contributed by atoms with Gasteiger partial charge in [-0.1, -0.05) is 6.92 Å². The molecule has 1 heterocycles. The molecule has 1 fully saturated rings. The van der Waals surface area contributed by atoms with Gasteiger partial charge in [0.15, 0.2) is 0 Å². The van der Waals surface area contributed by atoms with Gasteiger partial charge < -0.3 is 15.1 Å². The van der Waals surface area contributed by atoms with Gasteiger partial charge in [0.05, 0.1) is 0 Å². The fourth-order valence-corrected chi connectivity index (χ4v) is 2.49. The summed E-state index contributed by atoms with van der Waals surface area (Å²) in [6, 6.07) is 8.03. The molecule has 1 aromatic carbocycles. The first-order chi connectivity index (χ1) is 11.0. The highest BCUT2D eigenvalue weighted by Gasteiger charge is 2.38. The molecule has 0 aliphatic heterocycles. The summed E-state index contributed by atoms with van der Waals surface area (Å²) in [5.41, 5.74) is 0.690. The van der Waals surface area contributed by atoms with Gasteiger partial charge in [-0.05, 0) is 36.6 Å². The average molecular weight is 314 g/mol. The van der Waals surface area contributed by atoms with Crippen LogP contribution in [0.3, 0.4) is 0 Å². The van der Waals surface area contributed by atoms with Crippen LogP contribution in [0, 0.1) is 11.8 Å². The lowest BCUT2D eigenvalue weighted by atomic mass is 10.2. The van der Waals surface area contributed by atoms with E-state index in [0.717, 1.165) is 11.8 Å². The van der Waals surface area contributed by atoms with Crippen LogP contribution >= 0.6 is 0 Å². The van der Waals surface area contributed by atoms with Crippen molar-refractivity contribution >= 4 is 28.5 Å². The third-order valence-electron chi connectivity index (χ3n) is 4.00. The molecule has 0 radical (unpaired) electrons. The van der Waals surface area contributed by atoms with Crippen LogP contribution in [0.25, 0.3) is 11.0 Å². The number of hydrogen-bond donors (Lipinski definition) is 2. The highest BCUT2D eigenvalue weighted by atomic mass is 16.4. The molecule has 2 amide bonds. The second-order valence-electron chi connectivity index (χ2n) is 5.92.